The fourth-order valence-electron chi connectivity index (χ4n) is 2.03. The van der Waals surface area contributed by atoms with Crippen molar-refractivity contribution >= 4 is 0 Å². The SMILES string of the molecule is CCCN(CC(O)CNC(C)(C)C)CC1CC1. The summed E-state index contributed by atoms with van der Waals surface area (Å²) in [5.41, 5.74) is 0.0903. The highest BCUT2D eigenvalue weighted by Gasteiger charge is 2.25. The molecule has 1 atom stereocenters. The minimum atomic E-state index is -0.250. The quantitative estimate of drug-likeness (QED) is 0.682. The molecule has 0 heterocycles. The van der Waals surface area contributed by atoms with Crippen LogP contribution >= 0.6 is 0 Å². The molecular weight excluding hydrogens is 212 g/mol. The van der Waals surface area contributed by atoms with E-state index in [2.05, 4.69) is 37.9 Å². The number of nitrogens with zero attached hydrogens (tertiary/aromatic N) is 1. The third-order valence-corrected chi connectivity index (χ3v) is 3.09. The zero-order valence-electron chi connectivity index (χ0n) is 12.0. The van der Waals surface area contributed by atoms with E-state index in [9.17, 15) is 5.11 Å². The Bertz CT molecular complexity index is 209. The van der Waals surface area contributed by atoms with Crippen LogP contribution < -0.4 is 5.32 Å². The molecule has 0 aliphatic heterocycles. The second-order valence-corrected chi connectivity index (χ2v) is 6.49. The highest BCUT2D eigenvalue weighted by Crippen LogP contribution is 2.29. The first-order chi connectivity index (χ1) is 7.90. The third kappa shape index (κ3) is 7.74. The van der Waals surface area contributed by atoms with E-state index in [4.69, 9.17) is 0 Å². The molecule has 1 aliphatic rings. The summed E-state index contributed by atoms with van der Waals surface area (Å²) in [5.74, 6) is 0.907. The largest absolute Gasteiger partial charge is 0.390 e. The van der Waals surface area contributed by atoms with Gasteiger partial charge in [-0.15, -0.1) is 0 Å². The summed E-state index contributed by atoms with van der Waals surface area (Å²) in [5, 5.41) is 13.4. The molecule has 1 rings (SSSR count). The van der Waals surface area contributed by atoms with Crippen molar-refractivity contribution < 1.29 is 5.11 Å². The molecule has 17 heavy (non-hydrogen) atoms. The summed E-state index contributed by atoms with van der Waals surface area (Å²) < 4.78 is 0. The van der Waals surface area contributed by atoms with Gasteiger partial charge in [0.2, 0.25) is 0 Å². The third-order valence-electron chi connectivity index (χ3n) is 3.09. The Morgan fingerprint density at radius 2 is 2.00 bits per heavy atom. The van der Waals surface area contributed by atoms with Gasteiger partial charge in [-0.1, -0.05) is 6.92 Å². The van der Waals surface area contributed by atoms with E-state index in [0.717, 1.165) is 19.0 Å². The van der Waals surface area contributed by atoms with E-state index < -0.39 is 0 Å². The van der Waals surface area contributed by atoms with E-state index in [-0.39, 0.29) is 11.6 Å². The molecule has 0 bridgehead atoms. The average Bonchev–Trinajstić information content (AvgIpc) is 2.98. The van der Waals surface area contributed by atoms with Crippen molar-refractivity contribution in [1.29, 1.82) is 0 Å². The Morgan fingerprint density at radius 3 is 2.47 bits per heavy atom. The monoisotopic (exact) mass is 242 g/mol. The highest BCUT2D eigenvalue weighted by molar-refractivity contribution is 4.80. The number of hydrogen-bond acceptors (Lipinski definition) is 3. The van der Waals surface area contributed by atoms with Gasteiger partial charge in [-0.05, 0) is 52.5 Å². The molecule has 0 aromatic rings. The Morgan fingerprint density at radius 1 is 1.35 bits per heavy atom. The van der Waals surface area contributed by atoms with E-state index in [0.29, 0.717) is 6.54 Å². The summed E-state index contributed by atoms with van der Waals surface area (Å²) in [6.45, 7) is 12.4. The first kappa shape index (κ1) is 14.9. The van der Waals surface area contributed by atoms with Crippen molar-refractivity contribution in [2.45, 2.75) is 58.6 Å². The molecule has 1 fully saturated rings. The Labute approximate surface area is 107 Å². The number of hydrogen-bond donors (Lipinski definition) is 2. The first-order valence-electron chi connectivity index (χ1n) is 7.06. The smallest absolute Gasteiger partial charge is 0.0791 e. The summed E-state index contributed by atoms with van der Waals surface area (Å²) in [4.78, 5) is 2.42. The van der Waals surface area contributed by atoms with Gasteiger partial charge in [0.1, 0.15) is 0 Å². The average molecular weight is 242 g/mol. The Hall–Kier alpha value is -0.120. The van der Waals surface area contributed by atoms with Crippen molar-refractivity contribution in [3.63, 3.8) is 0 Å². The molecule has 1 unspecified atom stereocenters. The second kappa shape index (κ2) is 6.72. The van der Waals surface area contributed by atoms with Crippen LogP contribution in [0, 0.1) is 5.92 Å². The van der Waals surface area contributed by atoms with E-state index in [1.807, 2.05) is 0 Å². The van der Waals surface area contributed by atoms with Crippen molar-refractivity contribution in [2.75, 3.05) is 26.2 Å². The number of aliphatic hydroxyl groups is 1. The molecule has 0 aromatic carbocycles. The standard InChI is InChI=1S/C14H30N2O/c1-5-8-16(10-12-6-7-12)11-13(17)9-15-14(2,3)4/h12-13,15,17H,5-11H2,1-4H3. The van der Waals surface area contributed by atoms with Gasteiger partial charge in [0, 0.05) is 25.2 Å². The van der Waals surface area contributed by atoms with Crippen LogP contribution in [-0.2, 0) is 0 Å². The topological polar surface area (TPSA) is 35.5 Å². The van der Waals surface area contributed by atoms with E-state index in [1.54, 1.807) is 0 Å². The Kier molecular flexibility index (Phi) is 5.90. The highest BCUT2D eigenvalue weighted by atomic mass is 16.3. The van der Waals surface area contributed by atoms with Crippen molar-refractivity contribution in [3.05, 3.63) is 0 Å². The normalized spacial score (nSPS) is 18.7. The molecule has 0 spiro atoms. The van der Waals surface area contributed by atoms with Gasteiger partial charge in [-0.25, -0.2) is 0 Å². The van der Waals surface area contributed by atoms with Crippen molar-refractivity contribution in [2.24, 2.45) is 5.92 Å². The number of β-amino-alcohol motifs (C(OH)–C–C–N with tert-alkyl or cyclic N) is 1. The number of nitrogens with one attached hydrogen (secondary N) is 1. The predicted octanol–water partition coefficient (Wildman–Crippen LogP) is 1.86. The van der Waals surface area contributed by atoms with Crippen molar-refractivity contribution in [3.8, 4) is 0 Å². The van der Waals surface area contributed by atoms with Gasteiger partial charge in [-0.2, -0.15) is 0 Å². The minimum absolute atomic E-state index is 0.0903. The van der Waals surface area contributed by atoms with E-state index in [1.165, 1.54) is 25.8 Å². The molecule has 0 saturated heterocycles. The molecule has 0 radical (unpaired) electrons. The second-order valence-electron chi connectivity index (χ2n) is 6.49. The van der Waals surface area contributed by atoms with Gasteiger partial charge >= 0.3 is 0 Å². The predicted molar refractivity (Wildman–Crippen MR) is 73.2 cm³/mol. The number of rotatable bonds is 8. The summed E-state index contributed by atoms with van der Waals surface area (Å²) in [6.07, 6.45) is 3.69. The van der Waals surface area contributed by atoms with Crippen LogP contribution in [0.3, 0.4) is 0 Å². The summed E-state index contributed by atoms with van der Waals surface area (Å²) in [7, 11) is 0. The van der Waals surface area contributed by atoms with Crippen LogP contribution in [-0.4, -0.2) is 47.8 Å². The molecule has 102 valence electrons. The maximum atomic E-state index is 10.0. The fourth-order valence-corrected chi connectivity index (χ4v) is 2.03. The number of aliphatic hydroxyl groups excluding tert-OH is 1. The summed E-state index contributed by atoms with van der Waals surface area (Å²) >= 11 is 0. The molecule has 1 saturated carbocycles. The molecule has 0 aromatic heterocycles. The van der Waals surface area contributed by atoms with Gasteiger partial charge in [0.15, 0.2) is 0 Å². The summed E-state index contributed by atoms with van der Waals surface area (Å²) in [6, 6.07) is 0. The molecule has 1 aliphatic carbocycles. The lowest BCUT2D eigenvalue weighted by Gasteiger charge is -2.27. The van der Waals surface area contributed by atoms with Crippen LogP contribution in [0.4, 0.5) is 0 Å². The maximum absolute atomic E-state index is 10.0. The van der Waals surface area contributed by atoms with E-state index >= 15 is 0 Å². The molecule has 0 amide bonds. The molecule has 2 N–H and O–H groups in total. The van der Waals surface area contributed by atoms with Crippen LogP contribution in [0.15, 0.2) is 0 Å². The van der Waals surface area contributed by atoms with Crippen LogP contribution in [0.25, 0.3) is 0 Å². The van der Waals surface area contributed by atoms with Gasteiger partial charge < -0.3 is 15.3 Å². The van der Waals surface area contributed by atoms with Crippen molar-refractivity contribution in [1.82, 2.24) is 10.2 Å². The molecule has 3 heteroatoms. The lowest BCUT2D eigenvalue weighted by molar-refractivity contribution is 0.102. The maximum Gasteiger partial charge on any atom is 0.0791 e. The Balaban J connectivity index is 2.22. The fraction of sp³-hybridized carbons (Fsp3) is 1.00. The van der Waals surface area contributed by atoms with Gasteiger partial charge in [0.25, 0.3) is 0 Å². The lowest BCUT2D eigenvalue weighted by Crippen LogP contribution is -2.45. The minimum Gasteiger partial charge on any atom is -0.390 e. The van der Waals surface area contributed by atoms with Crippen LogP contribution in [0.2, 0.25) is 0 Å². The zero-order valence-corrected chi connectivity index (χ0v) is 12.0. The lowest BCUT2D eigenvalue weighted by atomic mass is 10.1. The molecular formula is C14H30N2O. The van der Waals surface area contributed by atoms with Crippen LogP contribution in [0.5, 0.6) is 0 Å². The first-order valence-corrected chi connectivity index (χ1v) is 7.06. The van der Waals surface area contributed by atoms with Crippen LogP contribution in [0.1, 0.15) is 47.0 Å². The van der Waals surface area contributed by atoms with Gasteiger partial charge in [-0.3, -0.25) is 0 Å². The van der Waals surface area contributed by atoms with Gasteiger partial charge in [0.05, 0.1) is 6.10 Å². The zero-order chi connectivity index (χ0) is 12.9. The molecule has 3 nitrogen and oxygen atoms in total.